The Morgan fingerprint density at radius 1 is 1.26 bits per heavy atom. The second-order valence-corrected chi connectivity index (χ2v) is 6.50. The normalized spacial score (nSPS) is 11.4. The van der Waals surface area contributed by atoms with Crippen molar-refractivity contribution in [1.82, 2.24) is 20.2 Å². The highest BCUT2D eigenvalue weighted by molar-refractivity contribution is 14.0. The lowest BCUT2D eigenvalue weighted by Crippen LogP contribution is -2.38. The molecule has 0 amide bonds. The summed E-state index contributed by atoms with van der Waals surface area (Å²) in [7, 11) is 0. The Balaban J connectivity index is 0.00000364. The van der Waals surface area contributed by atoms with Gasteiger partial charge >= 0.3 is 0 Å². The van der Waals surface area contributed by atoms with Crippen LogP contribution in [-0.4, -0.2) is 28.6 Å². The summed E-state index contributed by atoms with van der Waals surface area (Å²) in [5, 5.41) is 6.30. The van der Waals surface area contributed by atoms with Crippen LogP contribution in [0.15, 0.2) is 35.6 Å². The number of benzene rings is 1. The minimum atomic E-state index is -0.432. The molecule has 0 radical (unpaired) electrons. The van der Waals surface area contributed by atoms with Crippen molar-refractivity contribution >= 4 is 29.9 Å². The third-order valence-electron chi connectivity index (χ3n) is 3.78. The number of aromatic nitrogens is 2. The van der Waals surface area contributed by atoms with Crippen LogP contribution in [0.2, 0.25) is 0 Å². The van der Waals surface area contributed by atoms with Crippen LogP contribution in [-0.2, 0) is 19.5 Å². The van der Waals surface area contributed by atoms with E-state index in [0.29, 0.717) is 43.5 Å². The molecule has 0 aliphatic rings. The SMILES string of the molecule is CCNC(=NCc1nccn1CC(C)C)NCCc1cc(F)ccc1F.I. The number of rotatable bonds is 8. The van der Waals surface area contributed by atoms with E-state index in [1.54, 1.807) is 6.20 Å². The van der Waals surface area contributed by atoms with Crippen molar-refractivity contribution in [3.63, 3.8) is 0 Å². The van der Waals surface area contributed by atoms with E-state index in [4.69, 9.17) is 0 Å². The fourth-order valence-electron chi connectivity index (χ4n) is 2.59. The molecule has 1 aromatic carbocycles. The standard InChI is InChI=1S/C19H27F2N5.HI/c1-4-22-19(24-8-7-15-11-16(20)5-6-17(15)21)25-12-18-23-9-10-26(18)13-14(2)3;/h5-6,9-11,14H,4,7-8,12-13H2,1-3H3,(H2,22,24,25);1H. The van der Waals surface area contributed by atoms with Crippen LogP contribution in [0.4, 0.5) is 8.78 Å². The molecular weight excluding hydrogens is 463 g/mol. The van der Waals surface area contributed by atoms with Crippen LogP contribution in [0.5, 0.6) is 0 Å². The molecule has 0 saturated carbocycles. The summed E-state index contributed by atoms with van der Waals surface area (Å²) in [6.07, 6.45) is 4.11. The second-order valence-electron chi connectivity index (χ2n) is 6.50. The average molecular weight is 491 g/mol. The lowest BCUT2D eigenvalue weighted by Gasteiger charge is -2.13. The number of nitrogens with one attached hydrogen (secondary N) is 2. The molecule has 0 atom stereocenters. The number of hydrogen-bond donors (Lipinski definition) is 2. The van der Waals surface area contributed by atoms with Gasteiger partial charge in [0.25, 0.3) is 0 Å². The summed E-state index contributed by atoms with van der Waals surface area (Å²) in [6.45, 7) is 8.79. The molecule has 1 heterocycles. The topological polar surface area (TPSA) is 54.2 Å². The number of hydrogen-bond acceptors (Lipinski definition) is 2. The van der Waals surface area contributed by atoms with Crippen molar-refractivity contribution in [2.45, 2.75) is 40.3 Å². The molecule has 0 bridgehead atoms. The Hall–Kier alpha value is -1.71. The van der Waals surface area contributed by atoms with Crippen molar-refractivity contribution < 1.29 is 8.78 Å². The van der Waals surface area contributed by atoms with Gasteiger partial charge in [0.2, 0.25) is 0 Å². The van der Waals surface area contributed by atoms with Crippen LogP contribution < -0.4 is 10.6 Å². The van der Waals surface area contributed by atoms with E-state index in [1.165, 1.54) is 6.07 Å². The van der Waals surface area contributed by atoms with Crippen molar-refractivity contribution in [1.29, 1.82) is 0 Å². The number of guanidine groups is 1. The zero-order valence-electron chi connectivity index (χ0n) is 16.0. The summed E-state index contributed by atoms with van der Waals surface area (Å²) in [5.74, 6) is 1.22. The first-order valence-corrected chi connectivity index (χ1v) is 8.95. The van der Waals surface area contributed by atoms with Gasteiger partial charge in [-0.2, -0.15) is 0 Å². The third kappa shape index (κ3) is 7.82. The second kappa shape index (κ2) is 11.9. The van der Waals surface area contributed by atoms with Crippen LogP contribution in [0.3, 0.4) is 0 Å². The maximum atomic E-state index is 13.7. The predicted octanol–water partition coefficient (Wildman–Crippen LogP) is 3.73. The van der Waals surface area contributed by atoms with Crippen LogP contribution in [0.25, 0.3) is 0 Å². The van der Waals surface area contributed by atoms with Crippen molar-refractivity contribution in [2.24, 2.45) is 10.9 Å². The molecule has 150 valence electrons. The van der Waals surface area contributed by atoms with Crippen molar-refractivity contribution in [2.75, 3.05) is 13.1 Å². The van der Waals surface area contributed by atoms with Gasteiger partial charge in [-0.05, 0) is 43.0 Å². The monoisotopic (exact) mass is 491 g/mol. The van der Waals surface area contributed by atoms with Crippen LogP contribution in [0.1, 0.15) is 32.2 Å². The highest BCUT2D eigenvalue weighted by atomic mass is 127. The quantitative estimate of drug-likeness (QED) is 0.336. The zero-order chi connectivity index (χ0) is 18.9. The molecular formula is C19H28F2IN5. The highest BCUT2D eigenvalue weighted by Crippen LogP contribution is 2.10. The number of nitrogens with zero attached hydrogens (tertiary/aromatic N) is 3. The minimum Gasteiger partial charge on any atom is -0.357 e. The fraction of sp³-hybridized carbons (Fsp3) is 0.474. The van der Waals surface area contributed by atoms with Crippen LogP contribution in [0, 0.1) is 17.6 Å². The van der Waals surface area contributed by atoms with Gasteiger partial charge in [0.1, 0.15) is 24.0 Å². The molecule has 5 nitrogen and oxygen atoms in total. The van der Waals surface area contributed by atoms with Gasteiger partial charge in [0, 0.05) is 32.0 Å². The molecule has 0 fully saturated rings. The molecule has 1 aromatic heterocycles. The van der Waals surface area contributed by atoms with Gasteiger partial charge in [-0.1, -0.05) is 13.8 Å². The Kier molecular flexibility index (Phi) is 10.3. The Morgan fingerprint density at radius 3 is 2.74 bits per heavy atom. The molecule has 2 N–H and O–H groups in total. The molecule has 0 aliphatic heterocycles. The van der Waals surface area contributed by atoms with E-state index in [-0.39, 0.29) is 24.0 Å². The summed E-state index contributed by atoms with van der Waals surface area (Å²) >= 11 is 0. The van der Waals surface area contributed by atoms with Crippen molar-refractivity contribution in [3.8, 4) is 0 Å². The smallest absolute Gasteiger partial charge is 0.191 e. The van der Waals surface area contributed by atoms with E-state index >= 15 is 0 Å². The summed E-state index contributed by atoms with van der Waals surface area (Å²) in [5.41, 5.74) is 0.348. The van der Waals surface area contributed by atoms with E-state index in [9.17, 15) is 8.78 Å². The largest absolute Gasteiger partial charge is 0.357 e. The summed E-state index contributed by atoms with van der Waals surface area (Å²) in [4.78, 5) is 8.90. The molecule has 8 heteroatoms. The fourth-order valence-corrected chi connectivity index (χ4v) is 2.59. The molecule has 0 spiro atoms. The van der Waals surface area contributed by atoms with Gasteiger partial charge in [-0.3, -0.25) is 0 Å². The molecule has 27 heavy (non-hydrogen) atoms. The molecule has 2 aromatic rings. The van der Waals surface area contributed by atoms with E-state index < -0.39 is 11.6 Å². The first-order valence-electron chi connectivity index (χ1n) is 8.95. The third-order valence-corrected chi connectivity index (χ3v) is 3.78. The van der Waals surface area contributed by atoms with Crippen LogP contribution >= 0.6 is 24.0 Å². The lowest BCUT2D eigenvalue weighted by atomic mass is 10.1. The lowest BCUT2D eigenvalue weighted by molar-refractivity contribution is 0.507. The average Bonchev–Trinajstić information content (AvgIpc) is 3.02. The van der Waals surface area contributed by atoms with Gasteiger partial charge in [-0.15, -0.1) is 24.0 Å². The molecule has 0 saturated heterocycles. The van der Waals surface area contributed by atoms with Gasteiger partial charge < -0.3 is 15.2 Å². The number of halogens is 3. The van der Waals surface area contributed by atoms with Gasteiger partial charge in [0.05, 0.1) is 0 Å². The van der Waals surface area contributed by atoms with Crippen molar-refractivity contribution in [3.05, 3.63) is 53.6 Å². The van der Waals surface area contributed by atoms with E-state index in [0.717, 1.165) is 24.5 Å². The Bertz CT molecular complexity index is 731. The van der Waals surface area contributed by atoms with E-state index in [1.807, 2.05) is 13.1 Å². The van der Waals surface area contributed by atoms with E-state index in [2.05, 4.69) is 39.0 Å². The molecule has 2 rings (SSSR count). The first kappa shape index (κ1) is 23.3. The Morgan fingerprint density at radius 2 is 2.04 bits per heavy atom. The minimum absolute atomic E-state index is 0. The van der Waals surface area contributed by atoms with Gasteiger partial charge in [0.15, 0.2) is 5.96 Å². The Labute approximate surface area is 176 Å². The number of aliphatic imine (C=N–C) groups is 1. The molecule has 0 unspecified atom stereocenters. The summed E-state index contributed by atoms with van der Waals surface area (Å²) in [6, 6.07) is 3.50. The molecule has 0 aliphatic carbocycles. The highest BCUT2D eigenvalue weighted by Gasteiger charge is 2.06. The van der Waals surface area contributed by atoms with Gasteiger partial charge in [-0.25, -0.2) is 18.8 Å². The zero-order valence-corrected chi connectivity index (χ0v) is 18.3. The maximum absolute atomic E-state index is 13.7. The summed E-state index contributed by atoms with van der Waals surface area (Å²) < 4.78 is 29.0. The maximum Gasteiger partial charge on any atom is 0.191 e. The predicted molar refractivity (Wildman–Crippen MR) is 115 cm³/mol. The number of imidazole rings is 1. The first-order chi connectivity index (χ1) is 12.5.